The van der Waals surface area contributed by atoms with Crippen molar-refractivity contribution < 1.29 is 27.9 Å². The van der Waals surface area contributed by atoms with Gasteiger partial charge in [0.05, 0.1) is 25.0 Å². The van der Waals surface area contributed by atoms with Crippen LogP contribution >= 0.6 is 0 Å². The number of carbonyl (C=O) groups excluding carboxylic acids is 1. The van der Waals surface area contributed by atoms with E-state index in [2.05, 4.69) is 10.4 Å². The third-order valence-corrected chi connectivity index (χ3v) is 1.83. The maximum Gasteiger partial charge on any atom is 0.401 e. The van der Waals surface area contributed by atoms with Gasteiger partial charge in [-0.2, -0.15) is 18.3 Å². The molecule has 0 spiro atoms. The molecule has 0 aliphatic carbocycles. The number of halogens is 3. The van der Waals surface area contributed by atoms with Crippen molar-refractivity contribution in [2.45, 2.75) is 12.7 Å². The molecule has 0 fully saturated rings. The summed E-state index contributed by atoms with van der Waals surface area (Å²) in [6.07, 6.45) is -1.92. The Morgan fingerprint density at radius 1 is 1.42 bits per heavy atom. The monoisotopic (exact) mass is 280 g/mol. The number of nitrogens with zero attached hydrogens (tertiary/aromatic N) is 2. The molecule has 19 heavy (non-hydrogen) atoms. The highest BCUT2D eigenvalue weighted by atomic mass is 19.4. The molecule has 1 heterocycles. The standard InChI is InChI=1S/C9H11F3N4O3/c10-9(11,12)5-13-2-7(17)15-6-1-14-16(3-6)4-8(18)19/h1,3,13H,2,4-5H2,(H,15,17)(H,18,19). The van der Waals surface area contributed by atoms with Gasteiger partial charge in [0.2, 0.25) is 5.91 Å². The molecule has 1 aromatic heterocycles. The van der Waals surface area contributed by atoms with Crippen LogP contribution in [-0.2, 0) is 16.1 Å². The highest BCUT2D eigenvalue weighted by molar-refractivity contribution is 5.91. The molecule has 0 atom stereocenters. The van der Waals surface area contributed by atoms with Gasteiger partial charge in [-0.1, -0.05) is 0 Å². The molecule has 1 amide bonds. The SMILES string of the molecule is O=C(O)Cn1cc(NC(=O)CNCC(F)(F)F)cn1. The molecule has 1 aromatic rings. The molecule has 106 valence electrons. The number of carboxylic acid groups (broad SMARTS) is 1. The number of alkyl halides is 3. The van der Waals surface area contributed by atoms with Gasteiger partial charge in [-0.15, -0.1) is 0 Å². The lowest BCUT2D eigenvalue weighted by molar-refractivity contribution is -0.138. The van der Waals surface area contributed by atoms with E-state index in [0.29, 0.717) is 0 Å². The van der Waals surface area contributed by atoms with Crippen LogP contribution in [-0.4, -0.2) is 46.0 Å². The molecular formula is C9H11F3N4O3. The first-order valence-corrected chi connectivity index (χ1v) is 5.08. The largest absolute Gasteiger partial charge is 0.480 e. The van der Waals surface area contributed by atoms with Crippen molar-refractivity contribution in [1.82, 2.24) is 15.1 Å². The Hall–Kier alpha value is -2.10. The number of rotatable bonds is 6. The summed E-state index contributed by atoms with van der Waals surface area (Å²) in [6.45, 7) is -2.15. The summed E-state index contributed by atoms with van der Waals surface area (Å²) in [5, 5.41) is 16.3. The molecule has 0 aromatic carbocycles. The normalized spacial score (nSPS) is 11.3. The molecule has 1 rings (SSSR count). The van der Waals surface area contributed by atoms with Crippen molar-refractivity contribution in [2.24, 2.45) is 0 Å². The minimum Gasteiger partial charge on any atom is -0.480 e. The maximum absolute atomic E-state index is 11.8. The number of aromatic nitrogens is 2. The average molecular weight is 280 g/mol. The zero-order valence-corrected chi connectivity index (χ0v) is 9.57. The van der Waals surface area contributed by atoms with Gasteiger partial charge < -0.3 is 15.7 Å². The van der Waals surface area contributed by atoms with Gasteiger partial charge in [0.25, 0.3) is 0 Å². The third-order valence-electron chi connectivity index (χ3n) is 1.83. The van der Waals surface area contributed by atoms with Gasteiger partial charge in [0.1, 0.15) is 6.54 Å². The number of nitrogens with one attached hydrogen (secondary N) is 2. The van der Waals surface area contributed by atoms with Gasteiger partial charge in [0.15, 0.2) is 0 Å². The zero-order chi connectivity index (χ0) is 14.5. The first kappa shape index (κ1) is 15.0. The molecule has 7 nitrogen and oxygen atoms in total. The molecule has 0 unspecified atom stereocenters. The van der Waals surface area contributed by atoms with Crippen LogP contribution in [0.25, 0.3) is 0 Å². The minimum absolute atomic E-state index is 0.208. The van der Waals surface area contributed by atoms with Gasteiger partial charge in [-0.3, -0.25) is 14.3 Å². The predicted molar refractivity (Wildman–Crippen MR) is 57.4 cm³/mol. The molecule has 0 saturated carbocycles. The Morgan fingerprint density at radius 2 is 2.11 bits per heavy atom. The summed E-state index contributed by atoms with van der Waals surface area (Å²) in [4.78, 5) is 21.6. The molecule has 0 saturated heterocycles. The Bertz CT molecular complexity index is 458. The van der Waals surface area contributed by atoms with Crippen molar-refractivity contribution in [2.75, 3.05) is 18.4 Å². The van der Waals surface area contributed by atoms with Crippen LogP contribution in [0.2, 0.25) is 0 Å². The number of hydrogen-bond donors (Lipinski definition) is 3. The average Bonchev–Trinajstić information content (AvgIpc) is 2.62. The summed E-state index contributed by atoms with van der Waals surface area (Å²) < 4.78 is 36.5. The molecule has 0 radical (unpaired) electrons. The Balaban J connectivity index is 2.36. The van der Waals surface area contributed by atoms with E-state index < -0.39 is 31.1 Å². The minimum atomic E-state index is -4.38. The van der Waals surface area contributed by atoms with Gasteiger partial charge in [-0.05, 0) is 0 Å². The van der Waals surface area contributed by atoms with Crippen molar-refractivity contribution in [3.63, 3.8) is 0 Å². The van der Waals surface area contributed by atoms with Crippen molar-refractivity contribution in [3.05, 3.63) is 12.4 Å². The lowest BCUT2D eigenvalue weighted by Gasteiger charge is -2.07. The summed E-state index contributed by atoms with van der Waals surface area (Å²) in [5.74, 6) is -1.79. The van der Waals surface area contributed by atoms with Crippen LogP contribution in [0.4, 0.5) is 18.9 Å². The highest BCUT2D eigenvalue weighted by Gasteiger charge is 2.26. The number of carbonyl (C=O) groups is 2. The quantitative estimate of drug-likeness (QED) is 0.684. The van der Waals surface area contributed by atoms with Gasteiger partial charge in [0, 0.05) is 6.20 Å². The molecule has 3 N–H and O–H groups in total. The van der Waals surface area contributed by atoms with E-state index in [-0.39, 0.29) is 12.2 Å². The smallest absolute Gasteiger partial charge is 0.401 e. The molecule has 0 aliphatic rings. The summed E-state index contributed by atoms with van der Waals surface area (Å²) in [5.41, 5.74) is 0.208. The highest BCUT2D eigenvalue weighted by Crippen LogP contribution is 2.12. The van der Waals surface area contributed by atoms with E-state index in [9.17, 15) is 22.8 Å². The fraction of sp³-hybridized carbons (Fsp3) is 0.444. The van der Waals surface area contributed by atoms with E-state index in [1.54, 1.807) is 0 Å². The number of carboxylic acids is 1. The number of amides is 1. The second-order valence-electron chi connectivity index (χ2n) is 3.59. The topological polar surface area (TPSA) is 96.2 Å². The molecule has 10 heteroatoms. The maximum atomic E-state index is 11.8. The fourth-order valence-electron chi connectivity index (χ4n) is 1.18. The van der Waals surface area contributed by atoms with Crippen LogP contribution in [0.3, 0.4) is 0 Å². The zero-order valence-electron chi connectivity index (χ0n) is 9.57. The van der Waals surface area contributed by atoms with Crippen LogP contribution < -0.4 is 10.6 Å². The Kier molecular flexibility index (Phi) is 4.87. The van der Waals surface area contributed by atoms with Crippen LogP contribution in [0.1, 0.15) is 0 Å². The van der Waals surface area contributed by atoms with Crippen LogP contribution in [0.5, 0.6) is 0 Å². The van der Waals surface area contributed by atoms with Gasteiger partial charge >= 0.3 is 12.1 Å². The third kappa shape index (κ3) is 6.41. The molecule has 0 aliphatic heterocycles. The van der Waals surface area contributed by atoms with Crippen LogP contribution in [0.15, 0.2) is 12.4 Å². The Morgan fingerprint density at radius 3 is 2.68 bits per heavy atom. The Labute approximate surface area is 105 Å². The first-order valence-electron chi connectivity index (χ1n) is 5.08. The second kappa shape index (κ2) is 6.18. The molecule has 0 bridgehead atoms. The summed E-state index contributed by atoms with van der Waals surface area (Å²) >= 11 is 0. The van der Waals surface area contributed by atoms with E-state index in [4.69, 9.17) is 5.11 Å². The first-order chi connectivity index (χ1) is 8.76. The second-order valence-corrected chi connectivity index (χ2v) is 3.59. The molecular weight excluding hydrogens is 269 g/mol. The van der Waals surface area contributed by atoms with Gasteiger partial charge in [-0.25, -0.2) is 0 Å². The van der Waals surface area contributed by atoms with Crippen molar-refractivity contribution in [3.8, 4) is 0 Å². The number of hydrogen-bond acceptors (Lipinski definition) is 4. The van der Waals surface area contributed by atoms with E-state index in [0.717, 1.165) is 4.68 Å². The number of anilines is 1. The van der Waals surface area contributed by atoms with E-state index in [1.807, 2.05) is 5.32 Å². The van der Waals surface area contributed by atoms with E-state index >= 15 is 0 Å². The van der Waals surface area contributed by atoms with Crippen molar-refractivity contribution in [1.29, 1.82) is 0 Å². The lowest BCUT2D eigenvalue weighted by Crippen LogP contribution is -2.35. The van der Waals surface area contributed by atoms with Crippen LogP contribution in [0, 0.1) is 0 Å². The fourth-order valence-corrected chi connectivity index (χ4v) is 1.18. The lowest BCUT2D eigenvalue weighted by atomic mass is 10.5. The summed E-state index contributed by atoms with van der Waals surface area (Å²) in [6, 6.07) is 0. The van der Waals surface area contributed by atoms with Crippen molar-refractivity contribution >= 4 is 17.6 Å². The number of aliphatic carboxylic acids is 1. The summed E-state index contributed by atoms with van der Waals surface area (Å²) in [7, 11) is 0. The van der Waals surface area contributed by atoms with E-state index in [1.165, 1.54) is 12.4 Å². The predicted octanol–water partition coefficient (Wildman–Crippen LogP) is 0.0581.